The van der Waals surface area contributed by atoms with Crippen LogP contribution in [0.4, 0.5) is 34.1 Å². The standard InChI is InChI=1S/C122H99BN4/c1-120(2,3)94-74-99(82-46-22-10-23-47-82)118(100(75-94)83-48-24-11-25-49-83)126-105-80-97(124-114(90-62-38-18-39-63-90)109(86-54-30-14-31-55-86)110(87-56-32-15-33-57-87)115(124)91-64-40-19-41-65-91)70-72-103(105)123-104-73-71-98(125-116(92-66-42-20-43-67-92)111(88-58-34-16-35-59-88)112(89-60-36-17-37-61-89)117(125)93-68-44-21-45-69-93)81-106(104)127(108-79-96(122(7,8)9)78-107(126)113(108)123)119-101(84-50-26-12-27-51-84)76-95(121(4,5)6)77-102(119)85-52-28-13-29-53-85/h10-81H,1-9H3. The number of anilines is 6. The molecule has 0 bridgehead atoms. The smallest absolute Gasteiger partial charge is 0.252 e. The fourth-order valence-corrected chi connectivity index (χ4v) is 19.8. The highest BCUT2D eigenvalue weighted by Crippen LogP contribution is 2.59. The van der Waals surface area contributed by atoms with Crippen LogP contribution in [0.5, 0.6) is 0 Å². The predicted octanol–water partition coefficient (Wildman–Crippen LogP) is 31.2. The Bertz CT molecular complexity index is 6520. The first kappa shape index (κ1) is 79.2. The van der Waals surface area contributed by atoms with Crippen LogP contribution in [-0.4, -0.2) is 15.8 Å². The van der Waals surface area contributed by atoms with Crippen molar-refractivity contribution in [1.29, 1.82) is 0 Å². The van der Waals surface area contributed by atoms with Gasteiger partial charge < -0.3 is 18.9 Å². The number of nitrogens with zero attached hydrogens (tertiary/aromatic N) is 4. The molecule has 5 heteroatoms. The Morgan fingerprint density at radius 3 is 0.598 bits per heavy atom. The summed E-state index contributed by atoms with van der Waals surface area (Å²) in [5.74, 6) is 0. The first-order chi connectivity index (χ1) is 62.0. The molecule has 0 amide bonds. The number of fused-ring (bicyclic) bond motifs is 4. The molecule has 0 saturated heterocycles. The molecule has 21 rings (SSSR count). The third-order valence-electron chi connectivity index (χ3n) is 25.9. The molecule has 0 spiro atoms. The minimum absolute atomic E-state index is 0.257. The number of aromatic nitrogens is 2. The highest BCUT2D eigenvalue weighted by molar-refractivity contribution is 7.00. The lowest BCUT2D eigenvalue weighted by atomic mass is 9.33. The average molecular weight is 1630 g/mol. The van der Waals surface area contributed by atoms with Crippen LogP contribution >= 0.6 is 0 Å². The van der Waals surface area contributed by atoms with Gasteiger partial charge in [-0.15, -0.1) is 0 Å². The molecular weight excluding hydrogens is 1530 g/mol. The fourth-order valence-electron chi connectivity index (χ4n) is 19.8. The van der Waals surface area contributed by atoms with Crippen molar-refractivity contribution < 1.29 is 0 Å². The normalized spacial score (nSPS) is 12.4. The van der Waals surface area contributed by atoms with Gasteiger partial charge in [0, 0.05) is 78.6 Å². The van der Waals surface area contributed by atoms with Crippen LogP contribution < -0.4 is 26.2 Å². The lowest BCUT2D eigenvalue weighted by Gasteiger charge is -2.47. The van der Waals surface area contributed by atoms with Gasteiger partial charge in [-0.3, -0.25) is 0 Å². The lowest BCUT2D eigenvalue weighted by Crippen LogP contribution is -2.61. The minimum atomic E-state index is -0.423. The molecule has 0 N–H and O–H groups in total. The van der Waals surface area contributed by atoms with Crippen LogP contribution in [0.3, 0.4) is 0 Å². The molecule has 2 aliphatic rings. The van der Waals surface area contributed by atoms with Crippen LogP contribution in [0.1, 0.15) is 79.0 Å². The molecular formula is C122H99BN4. The zero-order valence-corrected chi connectivity index (χ0v) is 73.4. The second-order valence-corrected chi connectivity index (χ2v) is 37.1. The lowest BCUT2D eigenvalue weighted by molar-refractivity contribution is 0.590. The Kier molecular flexibility index (Phi) is 20.1. The summed E-state index contributed by atoms with van der Waals surface area (Å²) in [5.41, 5.74) is 42.0. The van der Waals surface area contributed by atoms with Crippen LogP contribution in [0.2, 0.25) is 0 Å². The van der Waals surface area contributed by atoms with Crippen molar-refractivity contribution in [1.82, 2.24) is 9.13 Å². The molecule has 0 atom stereocenters. The van der Waals surface area contributed by atoms with E-state index in [0.717, 1.165) is 180 Å². The van der Waals surface area contributed by atoms with E-state index in [9.17, 15) is 0 Å². The van der Waals surface area contributed by atoms with Crippen molar-refractivity contribution in [3.05, 3.63) is 453 Å². The maximum Gasteiger partial charge on any atom is 0.252 e. The van der Waals surface area contributed by atoms with Gasteiger partial charge in [-0.25, -0.2) is 0 Å². The van der Waals surface area contributed by atoms with E-state index in [-0.39, 0.29) is 17.5 Å². The van der Waals surface area contributed by atoms with Crippen LogP contribution in [0.25, 0.3) is 145 Å². The predicted molar refractivity (Wildman–Crippen MR) is 540 cm³/mol. The highest BCUT2D eigenvalue weighted by atomic mass is 15.2. The Morgan fingerprint density at radius 2 is 0.386 bits per heavy atom. The van der Waals surface area contributed by atoms with E-state index in [2.05, 4.69) is 518 Å². The van der Waals surface area contributed by atoms with Gasteiger partial charge >= 0.3 is 0 Å². The van der Waals surface area contributed by atoms with Gasteiger partial charge in [-0.2, -0.15) is 0 Å². The number of hydrogen-bond donors (Lipinski definition) is 0. The summed E-state index contributed by atoms with van der Waals surface area (Å²) in [4.78, 5) is 5.52. The van der Waals surface area contributed by atoms with Crippen molar-refractivity contribution in [2.24, 2.45) is 0 Å². The third-order valence-corrected chi connectivity index (χ3v) is 25.9. The Labute approximate surface area is 748 Å². The van der Waals surface area contributed by atoms with Gasteiger partial charge in [0.15, 0.2) is 0 Å². The summed E-state index contributed by atoms with van der Waals surface area (Å²) < 4.78 is 5.25. The first-order valence-electron chi connectivity index (χ1n) is 44.7. The molecule has 127 heavy (non-hydrogen) atoms. The first-order valence-corrected chi connectivity index (χ1v) is 44.7. The SMILES string of the molecule is CC(C)(C)c1cc(-c2ccccc2)c(N2c3cc(-n4c(-c5ccccc5)c(-c5ccccc5)c(-c5ccccc5)c4-c4ccccc4)ccc3B3c4ccc(-n5c(-c6ccccc6)c(-c6ccccc6)c(-c6ccccc6)c5-c5ccccc5)cc4N(c4c(-c5ccccc5)cc(C(C)(C)C)cc4-c4ccccc4)c4cc(C(C)(C)C)cc2c43)c(-c2ccccc2)c1. The largest absolute Gasteiger partial charge is 0.310 e. The average Bonchev–Trinajstić information content (AvgIpc) is 1.12. The molecule has 2 aliphatic heterocycles. The molecule has 610 valence electrons. The summed E-state index contributed by atoms with van der Waals surface area (Å²) >= 11 is 0. The minimum Gasteiger partial charge on any atom is -0.310 e. The van der Waals surface area contributed by atoms with Gasteiger partial charge in [0.2, 0.25) is 0 Å². The van der Waals surface area contributed by atoms with E-state index in [4.69, 9.17) is 0 Å². The maximum absolute atomic E-state index is 2.76. The molecule has 0 unspecified atom stereocenters. The highest BCUT2D eigenvalue weighted by Gasteiger charge is 2.47. The van der Waals surface area contributed by atoms with Crippen molar-refractivity contribution in [3.63, 3.8) is 0 Å². The van der Waals surface area contributed by atoms with Crippen LogP contribution in [0, 0.1) is 0 Å². The molecule has 4 heterocycles. The maximum atomic E-state index is 2.76. The van der Waals surface area contributed by atoms with E-state index in [1.54, 1.807) is 0 Å². The van der Waals surface area contributed by atoms with Gasteiger partial charge in [-0.1, -0.05) is 438 Å². The van der Waals surface area contributed by atoms with Gasteiger partial charge in [0.05, 0.1) is 34.2 Å². The van der Waals surface area contributed by atoms with E-state index in [1.807, 2.05) is 0 Å². The molecule has 2 aromatic heterocycles. The second-order valence-electron chi connectivity index (χ2n) is 37.1. The van der Waals surface area contributed by atoms with E-state index in [1.165, 1.54) is 33.1 Å². The zero-order chi connectivity index (χ0) is 86.2. The molecule has 17 aromatic carbocycles. The molecule has 19 aromatic rings. The Balaban J connectivity index is 0.976. The summed E-state index contributed by atoms with van der Waals surface area (Å²) in [7, 11) is 0. The molecule has 0 aliphatic carbocycles. The van der Waals surface area contributed by atoms with Gasteiger partial charge in [0.1, 0.15) is 0 Å². The van der Waals surface area contributed by atoms with Crippen LogP contribution in [0.15, 0.2) is 437 Å². The zero-order valence-electron chi connectivity index (χ0n) is 73.4. The van der Waals surface area contributed by atoms with Crippen molar-refractivity contribution >= 4 is 57.2 Å². The summed E-state index contributed by atoms with van der Waals surface area (Å²) in [6.45, 7) is 21.1. The fraction of sp³-hybridized carbons (Fsp3) is 0.0984. The number of hydrogen-bond acceptors (Lipinski definition) is 2. The van der Waals surface area contributed by atoms with Crippen molar-refractivity contribution in [2.75, 3.05) is 9.80 Å². The molecule has 0 radical (unpaired) electrons. The summed E-state index contributed by atoms with van der Waals surface area (Å²) in [5, 5.41) is 0. The topological polar surface area (TPSA) is 16.3 Å². The Hall–Kier alpha value is -15.0. The Morgan fingerprint density at radius 1 is 0.189 bits per heavy atom. The van der Waals surface area contributed by atoms with E-state index >= 15 is 0 Å². The summed E-state index contributed by atoms with van der Waals surface area (Å²) in [6, 6.07) is 165. The van der Waals surface area contributed by atoms with Gasteiger partial charge in [0.25, 0.3) is 6.71 Å². The molecule has 4 nitrogen and oxygen atoms in total. The monoisotopic (exact) mass is 1630 g/mol. The molecule has 0 fully saturated rings. The van der Waals surface area contributed by atoms with Gasteiger partial charge in [-0.05, 0) is 177 Å². The number of rotatable bonds is 16. The van der Waals surface area contributed by atoms with E-state index < -0.39 is 5.41 Å². The van der Waals surface area contributed by atoms with E-state index in [0.29, 0.717) is 0 Å². The second kappa shape index (κ2) is 32.3. The molecule has 0 saturated carbocycles. The van der Waals surface area contributed by atoms with Crippen molar-refractivity contribution in [2.45, 2.75) is 78.6 Å². The third kappa shape index (κ3) is 14.2. The quantitative estimate of drug-likeness (QED) is 0.0897. The number of benzene rings is 17. The van der Waals surface area contributed by atoms with Crippen molar-refractivity contribution in [3.8, 4) is 145 Å². The summed E-state index contributed by atoms with van der Waals surface area (Å²) in [6.07, 6.45) is 0. The van der Waals surface area contributed by atoms with Crippen LogP contribution in [-0.2, 0) is 16.2 Å².